The number of nitrogens with zero attached hydrogens (tertiary/aromatic N) is 2. The quantitative estimate of drug-likeness (QED) is 0.757. The molecule has 16 heavy (non-hydrogen) atoms. The van der Waals surface area contributed by atoms with Crippen LogP contribution < -0.4 is 5.56 Å². The molecule has 5 heteroatoms. The lowest BCUT2D eigenvalue weighted by Crippen LogP contribution is -2.20. The molecule has 0 aliphatic heterocycles. The van der Waals surface area contributed by atoms with Crippen LogP contribution >= 0.6 is 0 Å². The Labute approximate surface area is 92.6 Å². The van der Waals surface area contributed by atoms with Crippen LogP contribution in [0.15, 0.2) is 23.1 Å². The van der Waals surface area contributed by atoms with Gasteiger partial charge in [-0.3, -0.25) is 4.79 Å². The molecule has 1 aromatic heterocycles. The van der Waals surface area contributed by atoms with Crippen molar-refractivity contribution in [1.82, 2.24) is 4.57 Å². The van der Waals surface area contributed by atoms with E-state index in [1.54, 1.807) is 0 Å². The van der Waals surface area contributed by atoms with Crippen molar-refractivity contribution in [3.8, 4) is 6.07 Å². The Bertz CT molecular complexity index is 471. The summed E-state index contributed by atoms with van der Waals surface area (Å²) in [6.07, 6.45) is 3.18. The molecule has 5 nitrogen and oxygen atoms in total. The predicted molar refractivity (Wildman–Crippen MR) is 57.1 cm³/mol. The number of carboxylic acids is 1. The van der Waals surface area contributed by atoms with Gasteiger partial charge in [0, 0.05) is 25.2 Å². The zero-order valence-corrected chi connectivity index (χ0v) is 8.72. The second kappa shape index (κ2) is 5.71. The first-order chi connectivity index (χ1) is 7.65. The first kappa shape index (κ1) is 12.0. The molecule has 0 spiro atoms. The lowest BCUT2D eigenvalue weighted by atomic mass is 10.2. The van der Waals surface area contributed by atoms with Gasteiger partial charge in [0.25, 0.3) is 5.56 Å². The van der Waals surface area contributed by atoms with Crippen molar-refractivity contribution >= 4 is 5.97 Å². The molecule has 84 valence electrons. The third kappa shape index (κ3) is 3.24. The Balaban J connectivity index is 2.72. The summed E-state index contributed by atoms with van der Waals surface area (Å²) >= 11 is 0. The molecule has 0 bridgehead atoms. The zero-order valence-electron chi connectivity index (χ0n) is 8.72. The predicted octanol–water partition coefficient (Wildman–Crippen LogP) is 1.24. The van der Waals surface area contributed by atoms with Crippen LogP contribution in [0.1, 0.15) is 29.6 Å². The SMILES string of the molecule is N#CCCCCn1cc(C(=O)O)ccc1=O. The molecule has 1 rings (SSSR count). The summed E-state index contributed by atoms with van der Waals surface area (Å²) in [5, 5.41) is 17.1. The number of hydrogen-bond acceptors (Lipinski definition) is 3. The summed E-state index contributed by atoms with van der Waals surface area (Å²) in [4.78, 5) is 22.0. The topological polar surface area (TPSA) is 83.1 Å². The van der Waals surface area contributed by atoms with Crippen LogP contribution in [0.3, 0.4) is 0 Å². The highest BCUT2D eigenvalue weighted by atomic mass is 16.4. The van der Waals surface area contributed by atoms with E-state index in [0.717, 1.165) is 0 Å². The number of carboxylic acid groups (broad SMARTS) is 1. The Hall–Kier alpha value is -2.09. The number of rotatable bonds is 5. The molecule has 1 aromatic rings. The molecule has 0 saturated heterocycles. The zero-order chi connectivity index (χ0) is 12.0. The minimum atomic E-state index is -1.05. The number of hydrogen-bond donors (Lipinski definition) is 1. The number of unbranched alkanes of at least 4 members (excludes halogenated alkanes) is 2. The van der Waals surface area contributed by atoms with Gasteiger partial charge in [-0.05, 0) is 18.9 Å². The van der Waals surface area contributed by atoms with E-state index in [1.807, 2.05) is 6.07 Å². The molecular formula is C11H12N2O3. The van der Waals surface area contributed by atoms with Gasteiger partial charge in [-0.2, -0.15) is 5.26 Å². The second-order valence-electron chi connectivity index (χ2n) is 3.37. The normalized spacial score (nSPS) is 9.69. The van der Waals surface area contributed by atoms with Gasteiger partial charge in [-0.15, -0.1) is 0 Å². The van der Waals surface area contributed by atoms with E-state index >= 15 is 0 Å². The van der Waals surface area contributed by atoms with Crippen molar-refractivity contribution in [1.29, 1.82) is 5.26 Å². The van der Waals surface area contributed by atoms with Gasteiger partial charge >= 0.3 is 5.97 Å². The van der Waals surface area contributed by atoms with Gasteiger partial charge in [-0.1, -0.05) is 0 Å². The summed E-state index contributed by atoms with van der Waals surface area (Å²) < 4.78 is 1.36. The second-order valence-corrected chi connectivity index (χ2v) is 3.37. The molecule has 0 fully saturated rings. The Morgan fingerprint density at radius 3 is 2.81 bits per heavy atom. The van der Waals surface area contributed by atoms with E-state index in [9.17, 15) is 9.59 Å². The standard InChI is InChI=1S/C11H12N2O3/c12-6-2-1-3-7-13-8-9(11(15)16)4-5-10(13)14/h4-5,8H,1-3,7H2,(H,15,16). The number of nitriles is 1. The summed E-state index contributed by atoms with van der Waals surface area (Å²) in [6.45, 7) is 0.446. The molecule has 0 radical (unpaired) electrons. The minimum Gasteiger partial charge on any atom is -0.478 e. The van der Waals surface area contributed by atoms with Crippen LogP contribution in [-0.2, 0) is 6.54 Å². The molecule has 1 N–H and O–H groups in total. The lowest BCUT2D eigenvalue weighted by molar-refractivity contribution is 0.0696. The maximum atomic E-state index is 11.4. The van der Waals surface area contributed by atoms with Crippen molar-refractivity contribution in [3.63, 3.8) is 0 Å². The highest BCUT2D eigenvalue weighted by molar-refractivity contribution is 5.87. The fraction of sp³-hybridized carbons (Fsp3) is 0.364. The summed E-state index contributed by atoms with van der Waals surface area (Å²) in [7, 11) is 0. The number of carbonyl (C=O) groups is 1. The van der Waals surface area contributed by atoms with Crippen LogP contribution in [0.2, 0.25) is 0 Å². The van der Waals surface area contributed by atoms with Crippen molar-refractivity contribution in [3.05, 3.63) is 34.2 Å². The van der Waals surface area contributed by atoms with E-state index < -0.39 is 5.97 Å². The van der Waals surface area contributed by atoms with Gasteiger partial charge in [0.15, 0.2) is 0 Å². The number of pyridine rings is 1. The minimum absolute atomic E-state index is 0.0971. The summed E-state index contributed by atoms with van der Waals surface area (Å²) in [5.74, 6) is -1.05. The molecular weight excluding hydrogens is 208 g/mol. The molecule has 0 amide bonds. The monoisotopic (exact) mass is 220 g/mol. The smallest absolute Gasteiger partial charge is 0.337 e. The van der Waals surface area contributed by atoms with E-state index in [2.05, 4.69) is 0 Å². The third-order valence-electron chi connectivity index (χ3n) is 2.17. The Kier molecular flexibility index (Phi) is 4.28. The van der Waals surface area contributed by atoms with Crippen LogP contribution in [-0.4, -0.2) is 15.6 Å². The molecule has 0 atom stereocenters. The maximum Gasteiger partial charge on any atom is 0.337 e. The molecule has 0 aliphatic carbocycles. The Morgan fingerprint density at radius 1 is 1.44 bits per heavy atom. The number of aromatic carboxylic acids is 1. The Morgan fingerprint density at radius 2 is 2.19 bits per heavy atom. The van der Waals surface area contributed by atoms with E-state index in [-0.39, 0.29) is 11.1 Å². The fourth-order valence-electron chi connectivity index (χ4n) is 1.32. The van der Waals surface area contributed by atoms with Gasteiger partial charge in [-0.25, -0.2) is 4.79 Å². The first-order valence-electron chi connectivity index (χ1n) is 4.96. The van der Waals surface area contributed by atoms with E-state index in [4.69, 9.17) is 10.4 Å². The number of aromatic nitrogens is 1. The molecule has 0 saturated carbocycles. The molecule has 0 aliphatic rings. The lowest BCUT2D eigenvalue weighted by Gasteiger charge is -2.05. The van der Waals surface area contributed by atoms with E-state index in [0.29, 0.717) is 25.8 Å². The maximum absolute atomic E-state index is 11.4. The third-order valence-corrected chi connectivity index (χ3v) is 2.17. The highest BCUT2D eigenvalue weighted by Crippen LogP contribution is 1.99. The van der Waals surface area contributed by atoms with Gasteiger partial charge in [0.1, 0.15) is 0 Å². The van der Waals surface area contributed by atoms with Crippen molar-refractivity contribution in [2.24, 2.45) is 0 Å². The van der Waals surface area contributed by atoms with Crippen LogP contribution in [0.25, 0.3) is 0 Å². The van der Waals surface area contributed by atoms with Crippen LogP contribution in [0, 0.1) is 11.3 Å². The van der Waals surface area contributed by atoms with Crippen LogP contribution in [0.4, 0.5) is 0 Å². The highest BCUT2D eigenvalue weighted by Gasteiger charge is 2.04. The molecule has 1 heterocycles. The van der Waals surface area contributed by atoms with Crippen molar-refractivity contribution in [2.45, 2.75) is 25.8 Å². The summed E-state index contributed by atoms with van der Waals surface area (Å²) in [5.41, 5.74) is -0.123. The molecule has 0 aromatic carbocycles. The van der Waals surface area contributed by atoms with Gasteiger partial charge in [0.2, 0.25) is 0 Å². The van der Waals surface area contributed by atoms with Gasteiger partial charge < -0.3 is 9.67 Å². The van der Waals surface area contributed by atoms with Crippen LogP contribution in [0.5, 0.6) is 0 Å². The summed E-state index contributed by atoms with van der Waals surface area (Å²) in [6, 6.07) is 4.55. The fourth-order valence-corrected chi connectivity index (χ4v) is 1.32. The largest absolute Gasteiger partial charge is 0.478 e. The molecule has 0 unspecified atom stereocenters. The van der Waals surface area contributed by atoms with Gasteiger partial charge in [0.05, 0.1) is 11.6 Å². The van der Waals surface area contributed by atoms with E-state index in [1.165, 1.54) is 22.9 Å². The van der Waals surface area contributed by atoms with Crippen molar-refractivity contribution in [2.75, 3.05) is 0 Å². The van der Waals surface area contributed by atoms with Crippen molar-refractivity contribution < 1.29 is 9.90 Å². The first-order valence-corrected chi connectivity index (χ1v) is 4.96. The number of aryl methyl sites for hydroxylation is 1. The average Bonchev–Trinajstić information content (AvgIpc) is 2.26. The average molecular weight is 220 g/mol.